The molecule has 0 saturated heterocycles. The predicted molar refractivity (Wildman–Crippen MR) is 117 cm³/mol. The van der Waals surface area contributed by atoms with Crippen LogP contribution in [-0.4, -0.2) is 50.4 Å². The average Bonchev–Trinajstić information content (AvgIpc) is 3.29. The van der Waals surface area contributed by atoms with E-state index in [9.17, 15) is 18.0 Å². The minimum Gasteiger partial charge on any atom is -0.406 e. The van der Waals surface area contributed by atoms with Gasteiger partial charge in [0.1, 0.15) is 11.4 Å². The number of amides is 1. The number of benzene rings is 1. The van der Waals surface area contributed by atoms with E-state index in [0.717, 1.165) is 23.2 Å². The SMILES string of the molecule is CCC(CC)CN(CCc1cccnc1)C(=O)n1ncc(-c2ccc(OC(F)(F)F)cc2)n1. The second kappa shape index (κ2) is 10.9. The Bertz CT molecular complexity index is 1020. The molecule has 0 unspecified atom stereocenters. The van der Waals surface area contributed by atoms with Crippen LogP contribution in [0, 0.1) is 5.92 Å². The molecule has 7 nitrogen and oxygen atoms in total. The van der Waals surface area contributed by atoms with Gasteiger partial charge in [0.05, 0.1) is 6.20 Å². The second-order valence-electron chi connectivity index (χ2n) is 7.61. The summed E-state index contributed by atoms with van der Waals surface area (Å²) in [5.41, 5.74) is 1.91. The topological polar surface area (TPSA) is 73.1 Å². The molecule has 0 N–H and O–H groups in total. The third-order valence-corrected chi connectivity index (χ3v) is 5.34. The van der Waals surface area contributed by atoms with E-state index in [0.29, 0.717) is 36.7 Å². The largest absolute Gasteiger partial charge is 0.573 e. The summed E-state index contributed by atoms with van der Waals surface area (Å²) >= 11 is 0. The highest BCUT2D eigenvalue weighted by Gasteiger charge is 2.31. The van der Waals surface area contributed by atoms with Crippen molar-refractivity contribution in [2.45, 2.75) is 39.5 Å². The van der Waals surface area contributed by atoms with Crippen LogP contribution in [0.25, 0.3) is 11.3 Å². The predicted octanol–water partition coefficient (Wildman–Crippen LogP) is 5.19. The van der Waals surface area contributed by atoms with Gasteiger partial charge in [0.2, 0.25) is 0 Å². The standard InChI is InChI=1S/C23H26F3N5O2/c1-3-17(4-2)16-30(13-11-18-6-5-12-27-14-18)22(32)31-28-15-21(29-31)19-7-9-20(10-8-19)33-23(24,25)26/h5-10,12,14-15,17H,3-4,11,13,16H2,1-2H3. The van der Waals surface area contributed by atoms with E-state index in [1.54, 1.807) is 17.3 Å². The lowest BCUT2D eigenvalue weighted by Crippen LogP contribution is -2.40. The molecule has 0 fully saturated rings. The second-order valence-corrected chi connectivity index (χ2v) is 7.61. The molecule has 1 amide bonds. The van der Waals surface area contributed by atoms with E-state index in [1.165, 1.54) is 30.5 Å². The molecular weight excluding hydrogens is 435 g/mol. The summed E-state index contributed by atoms with van der Waals surface area (Å²) in [6.45, 7) is 5.25. The molecule has 2 heterocycles. The lowest BCUT2D eigenvalue weighted by molar-refractivity contribution is -0.274. The lowest BCUT2D eigenvalue weighted by Gasteiger charge is -2.26. The number of hydrogen-bond donors (Lipinski definition) is 0. The van der Waals surface area contributed by atoms with Crippen molar-refractivity contribution in [3.63, 3.8) is 0 Å². The summed E-state index contributed by atoms with van der Waals surface area (Å²) in [4.78, 5) is 20.1. The van der Waals surface area contributed by atoms with Crippen LogP contribution >= 0.6 is 0 Å². The Hall–Kier alpha value is -3.43. The first-order valence-electron chi connectivity index (χ1n) is 10.8. The molecule has 0 spiro atoms. The first-order chi connectivity index (χ1) is 15.8. The Morgan fingerprint density at radius 1 is 1.12 bits per heavy atom. The van der Waals surface area contributed by atoms with E-state index < -0.39 is 6.36 Å². The van der Waals surface area contributed by atoms with Crippen LogP contribution in [0.4, 0.5) is 18.0 Å². The number of pyridine rings is 1. The van der Waals surface area contributed by atoms with Crippen molar-refractivity contribution in [3.8, 4) is 17.0 Å². The molecular formula is C23H26F3N5O2. The van der Waals surface area contributed by atoms with Crippen molar-refractivity contribution >= 4 is 6.03 Å². The normalized spacial score (nSPS) is 11.6. The van der Waals surface area contributed by atoms with Crippen LogP contribution in [0.5, 0.6) is 5.75 Å². The van der Waals surface area contributed by atoms with Gasteiger partial charge in [0.15, 0.2) is 0 Å². The van der Waals surface area contributed by atoms with Crippen molar-refractivity contribution in [1.82, 2.24) is 24.9 Å². The lowest BCUT2D eigenvalue weighted by atomic mass is 10.0. The maximum Gasteiger partial charge on any atom is 0.573 e. The van der Waals surface area contributed by atoms with Gasteiger partial charge in [-0.15, -0.1) is 18.3 Å². The van der Waals surface area contributed by atoms with E-state index in [2.05, 4.69) is 33.8 Å². The number of aromatic nitrogens is 4. The number of ether oxygens (including phenoxy) is 1. The third kappa shape index (κ3) is 7.03. The fraction of sp³-hybridized carbons (Fsp3) is 0.391. The molecule has 176 valence electrons. The zero-order valence-corrected chi connectivity index (χ0v) is 18.5. The molecule has 33 heavy (non-hydrogen) atoms. The molecule has 0 bridgehead atoms. The van der Waals surface area contributed by atoms with Crippen LogP contribution in [-0.2, 0) is 6.42 Å². The van der Waals surface area contributed by atoms with Gasteiger partial charge in [-0.3, -0.25) is 4.98 Å². The van der Waals surface area contributed by atoms with Crippen LogP contribution in [0.15, 0.2) is 55.0 Å². The van der Waals surface area contributed by atoms with Crippen molar-refractivity contribution in [2.24, 2.45) is 5.92 Å². The smallest absolute Gasteiger partial charge is 0.406 e. The van der Waals surface area contributed by atoms with E-state index in [4.69, 9.17) is 0 Å². The molecule has 2 aromatic heterocycles. The van der Waals surface area contributed by atoms with E-state index in [1.807, 2.05) is 12.1 Å². The molecule has 0 atom stereocenters. The summed E-state index contributed by atoms with van der Waals surface area (Å²) in [6, 6.07) is 8.72. The Balaban J connectivity index is 1.74. The Morgan fingerprint density at radius 2 is 1.85 bits per heavy atom. The van der Waals surface area contributed by atoms with Crippen LogP contribution in [0.1, 0.15) is 32.3 Å². The van der Waals surface area contributed by atoms with Crippen LogP contribution in [0.3, 0.4) is 0 Å². The van der Waals surface area contributed by atoms with Gasteiger partial charge in [0, 0.05) is 31.0 Å². The summed E-state index contributed by atoms with van der Waals surface area (Å²) < 4.78 is 40.9. The maximum absolute atomic E-state index is 13.2. The fourth-order valence-corrected chi connectivity index (χ4v) is 3.37. The average molecular weight is 461 g/mol. The van der Waals surface area contributed by atoms with Gasteiger partial charge in [-0.05, 0) is 48.2 Å². The quantitative estimate of drug-likeness (QED) is 0.439. The summed E-state index contributed by atoms with van der Waals surface area (Å²) in [5.74, 6) is 0.0144. The van der Waals surface area contributed by atoms with Crippen molar-refractivity contribution < 1.29 is 22.7 Å². The number of carbonyl (C=O) groups excluding carboxylic acids is 1. The molecule has 0 aliphatic carbocycles. The number of alkyl halides is 3. The highest BCUT2D eigenvalue weighted by Crippen LogP contribution is 2.25. The summed E-state index contributed by atoms with van der Waals surface area (Å²) in [7, 11) is 0. The maximum atomic E-state index is 13.2. The van der Waals surface area contributed by atoms with Crippen molar-refractivity contribution in [2.75, 3.05) is 13.1 Å². The van der Waals surface area contributed by atoms with Crippen LogP contribution in [0.2, 0.25) is 0 Å². The highest BCUT2D eigenvalue weighted by atomic mass is 19.4. The number of rotatable bonds is 9. The molecule has 0 saturated carbocycles. The molecule has 10 heteroatoms. The number of halogens is 3. The van der Waals surface area contributed by atoms with Gasteiger partial charge < -0.3 is 9.64 Å². The molecule has 0 aliphatic rings. The van der Waals surface area contributed by atoms with Crippen molar-refractivity contribution in [1.29, 1.82) is 0 Å². The monoisotopic (exact) mass is 461 g/mol. The zero-order chi connectivity index (χ0) is 23.8. The minimum atomic E-state index is -4.76. The van der Waals surface area contributed by atoms with E-state index in [-0.39, 0.29) is 11.8 Å². The molecule has 1 aromatic carbocycles. The third-order valence-electron chi connectivity index (χ3n) is 5.34. The van der Waals surface area contributed by atoms with Gasteiger partial charge >= 0.3 is 12.4 Å². The Morgan fingerprint density at radius 3 is 2.45 bits per heavy atom. The number of carbonyl (C=O) groups is 1. The first-order valence-corrected chi connectivity index (χ1v) is 10.8. The van der Waals surface area contributed by atoms with Crippen molar-refractivity contribution in [3.05, 3.63) is 60.6 Å². The molecule has 3 rings (SSSR count). The number of nitrogens with zero attached hydrogens (tertiary/aromatic N) is 5. The van der Waals surface area contributed by atoms with Gasteiger partial charge in [-0.25, -0.2) is 4.79 Å². The molecule has 3 aromatic rings. The van der Waals surface area contributed by atoms with E-state index >= 15 is 0 Å². The fourth-order valence-electron chi connectivity index (χ4n) is 3.37. The highest BCUT2D eigenvalue weighted by molar-refractivity contribution is 5.75. The van der Waals surface area contributed by atoms with Gasteiger partial charge in [0.25, 0.3) is 0 Å². The Labute approximate surface area is 190 Å². The summed E-state index contributed by atoms with van der Waals surface area (Å²) in [5, 5.41) is 8.36. The number of hydrogen-bond acceptors (Lipinski definition) is 5. The molecule has 0 radical (unpaired) electrons. The Kier molecular flexibility index (Phi) is 8.02. The van der Waals surface area contributed by atoms with Gasteiger partial charge in [-0.1, -0.05) is 37.6 Å². The van der Waals surface area contributed by atoms with Gasteiger partial charge in [-0.2, -0.15) is 5.10 Å². The zero-order valence-electron chi connectivity index (χ0n) is 18.5. The first kappa shape index (κ1) is 24.2. The van der Waals surface area contributed by atoms with Crippen LogP contribution < -0.4 is 4.74 Å². The summed E-state index contributed by atoms with van der Waals surface area (Å²) in [6.07, 6.45) is 2.66. The molecule has 0 aliphatic heterocycles. The minimum absolute atomic E-state index is 0.332.